The molecule has 1 N–H and O–H groups in total. The Bertz CT molecular complexity index is 1060. The number of aromatic amines is 1. The number of fused-ring (bicyclic) bond motifs is 2. The lowest BCUT2D eigenvalue weighted by atomic mass is 10.1. The van der Waals surface area contributed by atoms with Gasteiger partial charge in [0.15, 0.2) is 0 Å². The van der Waals surface area contributed by atoms with Crippen LogP contribution in [0.2, 0.25) is 5.02 Å². The minimum Gasteiger partial charge on any atom is -0.317 e. The molecule has 0 radical (unpaired) electrons. The number of pyridine rings is 1. The summed E-state index contributed by atoms with van der Waals surface area (Å²) in [6.45, 7) is 0. The van der Waals surface area contributed by atoms with Crippen LogP contribution >= 0.6 is 11.6 Å². The van der Waals surface area contributed by atoms with Crippen molar-refractivity contribution in [3.8, 4) is 11.3 Å². The Morgan fingerprint density at radius 1 is 1.05 bits per heavy atom. The van der Waals surface area contributed by atoms with E-state index in [0.29, 0.717) is 27.3 Å². The number of halogens is 1. The van der Waals surface area contributed by atoms with Crippen LogP contribution in [0.3, 0.4) is 0 Å². The molecule has 0 amide bonds. The number of nitrogens with zero attached hydrogens (tertiary/aromatic N) is 2. The molecule has 4 aromatic rings. The van der Waals surface area contributed by atoms with E-state index in [-0.39, 0.29) is 5.56 Å². The fourth-order valence-electron chi connectivity index (χ4n) is 2.51. The van der Waals surface area contributed by atoms with Crippen LogP contribution in [0.5, 0.6) is 0 Å². The zero-order valence-corrected chi connectivity index (χ0v) is 12.1. The lowest BCUT2D eigenvalue weighted by Crippen LogP contribution is -2.11. The summed E-state index contributed by atoms with van der Waals surface area (Å²) in [5.74, 6) is 0. The van der Waals surface area contributed by atoms with Crippen molar-refractivity contribution < 1.29 is 0 Å². The minimum absolute atomic E-state index is 0.268. The van der Waals surface area contributed by atoms with Gasteiger partial charge in [-0.15, -0.1) is 0 Å². The molecule has 4 nitrogen and oxygen atoms in total. The molecule has 4 rings (SSSR count). The second kappa shape index (κ2) is 4.93. The van der Waals surface area contributed by atoms with Crippen molar-refractivity contribution in [1.29, 1.82) is 0 Å². The maximum absolute atomic E-state index is 12.3. The molecule has 0 saturated heterocycles. The van der Waals surface area contributed by atoms with Crippen LogP contribution in [0.1, 0.15) is 0 Å². The monoisotopic (exact) mass is 307 g/mol. The molecule has 22 heavy (non-hydrogen) atoms. The van der Waals surface area contributed by atoms with Crippen LogP contribution in [0.25, 0.3) is 33.2 Å². The molecule has 0 unspecified atom stereocenters. The van der Waals surface area contributed by atoms with Crippen molar-refractivity contribution >= 4 is 33.5 Å². The molecule has 0 bridgehead atoms. The van der Waals surface area contributed by atoms with Gasteiger partial charge in [-0.25, -0.2) is 4.98 Å². The standard InChI is InChI=1S/C17H10ClN3O/c18-13-14-11(7-4-8-19-14)9-12-16(13)21-17(22)15(20-12)10-5-2-1-3-6-10/h1-9H,(H,21,22). The maximum atomic E-state index is 12.3. The van der Waals surface area contributed by atoms with Crippen LogP contribution in [0.4, 0.5) is 0 Å². The molecule has 106 valence electrons. The average molecular weight is 308 g/mol. The van der Waals surface area contributed by atoms with Gasteiger partial charge in [0.25, 0.3) is 5.56 Å². The highest BCUT2D eigenvalue weighted by atomic mass is 35.5. The highest BCUT2D eigenvalue weighted by Gasteiger charge is 2.12. The molecule has 5 heteroatoms. The normalized spacial score (nSPS) is 11.1. The third-order valence-electron chi connectivity index (χ3n) is 3.55. The largest absolute Gasteiger partial charge is 0.317 e. The number of nitrogens with one attached hydrogen (secondary N) is 1. The lowest BCUT2D eigenvalue weighted by Gasteiger charge is -2.06. The molecule has 0 aliphatic rings. The van der Waals surface area contributed by atoms with Gasteiger partial charge in [0.1, 0.15) is 5.69 Å². The van der Waals surface area contributed by atoms with E-state index in [4.69, 9.17) is 11.6 Å². The molecule has 0 atom stereocenters. The minimum atomic E-state index is -0.268. The summed E-state index contributed by atoms with van der Waals surface area (Å²) in [6.07, 6.45) is 1.67. The average Bonchev–Trinajstić information content (AvgIpc) is 2.56. The van der Waals surface area contributed by atoms with Crippen LogP contribution in [0, 0.1) is 0 Å². The predicted octanol–water partition coefficient (Wildman–Crippen LogP) is 3.79. The number of benzene rings is 2. The van der Waals surface area contributed by atoms with Crippen molar-refractivity contribution in [2.24, 2.45) is 0 Å². The first-order valence-corrected chi connectivity index (χ1v) is 7.14. The summed E-state index contributed by atoms with van der Waals surface area (Å²) in [7, 11) is 0. The Morgan fingerprint density at radius 3 is 2.68 bits per heavy atom. The molecule has 0 saturated carbocycles. The second-order valence-electron chi connectivity index (χ2n) is 4.94. The van der Waals surface area contributed by atoms with Crippen molar-refractivity contribution in [2.45, 2.75) is 0 Å². The van der Waals surface area contributed by atoms with Gasteiger partial charge >= 0.3 is 0 Å². The zero-order chi connectivity index (χ0) is 15.1. The van der Waals surface area contributed by atoms with Crippen LogP contribution in [-0.4, -0.2) is 15.0 Å². The van der Waals surface area contributed by atoms with E-state index in [2.05, 4.69) is 15.0 Å². The number of hydrogen-bond donors (Lipinski definition) is 1. The fourth-order valence-corrected chi connectivity index (χ4v) is 2.81. The number of hydrogen-bond acceptors (Lipinski definition) is 3. The molecule has 0 aliphatic carbocycles. The van der Waals surface area contributed by atoms with Crippen LogP contribution in [-0.2, 0) is 0 Å². The summed E-state index contributed by atoms with van der Waals surface area (Å²) in [5.41, 5.74) is 2.69. The van der Waals surface area contributed by atoms with Crippen molar-refractivity contribution in [3.63, 3.8) is 0 Å². The van der Waals surface area contributed by atoms with Gasteiger partial charge in [-0.1, -0.05) is 48.0 Å². The smallest absolute Gasteiger partial charge is 0.275 e. The van der Waals surface area contributed by atoms with E-state index in [1.165, 1.54) is 0 Å². The van der Waals surface area contributed by atoms with Gasteiger partial charge in [0.2, 0.25) is 0 Å². The van der Waals surface area contributed by atoms with Gasteiger partial charge in [-0.05, 0) is 12.1 Å². The van der Waals surface area contributed by atoms with Crippen molar-refractivity contribution in [2.75, 3.05) is 0 Å². The van der Waals surface area contributed by atoms with Gasteiger partial charge in [0.05, 0.1) is 21.6 Å². The van der Waals surface area contributed by atoms with E-state index in [9.17, 15) is 4.79 Å². The first-order valence-electron chi connectivity index (χ1n) is 6.77. The molecule has 2 aromatic carbocycles. The SMILES string of the molecule is O=c1[nH]c2c(Cl)c3ncccc3cc2nc1-c1ccccc1. The third-order valence-corrected chi connectivity index (χ3v) is 3.92. The molecule has 0 aliphatic heterocycles. The third kappa shape index (κ3) is 1.96. The van der Waals surface area contributed by atoms with Gasteiger partial charge in [-0.3, -0.25) is 9.78 Å². The quantitative estimate of drug-likeness (QED) is 0.544. The number of H-pyrrole nitrogens is 1. The predicted molar refractivity (Wildman–Crippen MR) is 88.1 cm³/mol. The lowest BCUT2D eigenvalue weighted by molar-refractivity contribution is 1.22. The molecule has 0 fully saturated rings. The Morgan fingerprint density at radius 2 is 1.86 bits per heavy atom. The molecule has 2 heterocycles. The van der Waals surface area contributed by atoms with Crippen molar-refractivity contribution in [1.82, 2.24) is 15.0 Å². The van der Waals surface area contributed by atoms with Crippen LogP contribution < -0.4 is 5.56 Å². The first kappa shape index (κ1) is 13.0. The summed E-state index contributed by atoms with van der Waals surface area (Å²) in [5, 5.41) is 1.30. The van der Waals surface area contributed by atoms with E-state index in [0.717, 1.165) is 10.9 Å². The maximum Gasteiger partial charge on any atom is 0.275 e. The second-order valence-corrected chi connectivity index (χ2v) is 5.32. The zero-order valence-electron chi connectivity index (χ0n) is 11.4. The van der Waals surface area contributed by atoms with E-state index >= 15 is 0 Å². The molecular formula is C17H10ClN3O. The summed E-state index contributed by atoms with van der Waals surface area (Å²) >= 11 is 6.37. The Hall–Kier alpha value is -2.72. The van der Waals surface area contributed by atoms with Gasteiger partial charge < -0.3 is 4.98 Å². The fraction of sp³-hybridized carbons (Fsp3) is 0. The summed E-state index contributed by atoms with van der Waals surface area (Å²) in [6, 6.07) is 15.0. The van der Waals surface area contributed by atoms with E-state index in [1.54, 1.807) is 6.20 Å². The Labute approximate surface area is 130 Å². The Balaban J connectivity index is 2.10. The first-order chi connectivity index (χ1) is 10.7. The summed E-state index contributed by atoms with van der Waals surface area (Å²) < 4.78 is 0. The number of aromatic nitrogens is 3. The molecule has 0 spiro atoms. The van der Waals surface area contributed by atoms with E-state index in [1.807, 2.05) is 48.5 Å². The molecular weight excluding hydrogens is 298 g/mol. The topological polar surface area (TPSA) is 58.6 Å². The van der Waals surface area contributed by atoms with Gasteiger partial charge in [-0.2, -0.15) is 0 Å². The van der Waals surface area contributed by atoms with Gasteiger partial charge in [0, 0.05) is 17.1 Å². The van der Waals surface area contributed by atoms with E-state index < -0.39 is 0 Å². The highest BCUT2D eigenvalue weighted by Crippen LogP contribution is 2.29. The number of rotatable bonds is 1. The molecule has 2 aromatic heterocycles. The highest BCUT2D eigenvalue weighted by molar-refractivity contribution is 6.39. The van der Waals surface area contributed by atoms with Crippen molar-refractivity contribution in [3.05, 3.63) is 70.1 Å². The summed E-state index contributed by atoms with van der Waals surface area (Å²) in [4.78, 5) is 23.9. The Kier molecular flexibility index (Phi) is 2.91. The van der Waals surface area contributed by atoms with Crippen LogP contribution in [0.15, 0.2) is 59.5 Å².